The maximum Gasteiger partial charge on any atom is 0.410 e. The van der Waals surface area contributed by atoms with E-state index in [0.29, 0.717) is 13.1 Å². The van der Waals surface area contributed by atoms with E-state index in [9.17, 15) is 4.79 Å². The van der Waals surface area contributed by atoms with Gasteiger partial charge in [0.15, 0.2) is 0 Å². The minimum Gasteiger partial charge on any atom is -0.444 e. The molecule has 1 aliphatic heterocycles. The molecule has 1 unspecified atom stereocenters. The predicted octanol–water partition coefficient (Wildman–Crippen LogP) is 6.34. The van der Waals surface area contributed by atoms with E-state index in [-0.39, 0.29) is 23.0 Å². The fourth-order valence-electron chi connectivity index (χ4n) is 4.71. The van der Waals surface area contributed by atoms with Crippen LogP contribution in [0.15, 0.2) is 36.4 Å². The minimum absolute atomic E-state index is 0.0143. The van der Waals surface area contributed by atoms with Crippen LogP contribution in [0.5, 0.6) is 0 Å². The summed E-state index contributed by atoms with van der Waals surface area (Å²) in [4.78, 5) is 14.6. The number of ether oxygens (including phenoxy) is 1. The highest BCUT2D eigenvalue weighted by Crippen LogP contribution is 2.43. The van der Waals surface area contributed by atoms with Gasteiger partial charge in [0.1, 0.15) is 5.60 Å². The molecule has 1 fully saturated rings. The Balaban J connectivity index is 1.86. The number of carbonyl (C=O) groups is 1. The Morgan fingerprint density at radius 2 is 1.74 bits per heavy atom. The molecule has 1 atom stereocenters. The van der Waals surface area contributed by atoms with Gasteiger partial charge in [-0.25, -0.2) is 4.79 Å². The topological polar surface area (TPSA) is 67.5 Å². The highest BCUT2D eigenvalue weighted by Gasteiger charge is 2.44. The van der Waals surface area contributed by atoms with Crippen LogP contribution in [0, 0.1) is 5.41 Å². The van der Waals surface area contributed by atoms with Crippen molar-refractivity contribution in [1.82, 2.24) is 15.1 Å². The zero-order valence-electron chi connectivity index (χ0n) is 22.9. The lowest BCUT2D eigenvalue weighted by Gasteiger charge is -2.45. The van der Waals surface area contributed by atoms with Crippen LogP contribution in [0.2, 0.25) is 13.1 Å². The number of nitrogens with one attached hydrogen (secondary N) is 1. The largest absolute Gasteiger partial charge is 0.444 e. The number of rotatable bonds is 7. The number of aromatic nitrogens is 2. The molecule has 1 saturated heterocycles. The lowest BCUT2D eigenvalue weighted by molar-refractivity contribution is 0.00593. The fraction of sp³-hybridized carbons (Fsp3) is 0.643. The van der Waals surface area contributed by atoms with Gasteiger partial charge in [0.05, 0.1) is 11.8 Å². The zero-order valence-corrected chi connectivity index (χ0v) is 23.9. The van der Waals surface area contributed by atoms with Crippen LogP contribution in [0.3, 0.4) is 0 Å². The number of likely N-dealkylation sites (tertiary alicyclic amines) is 1. The molecule has 2 aromatic rings. The van der Waals surface area contributed by atoms with E-state index in [2.05, 4.69) is 69.3 Å². The van der Waals surface area contributed by atoms with Crippen LogP contribution in [0.1, 0.15) is 77.8 Å². The van der Waals surface area contributed by atoms with Gasteiger partial charge < -0.3 is 14.1 Å². The Morgan fingerprint density at radius 1 is 1.11 bits per heavy atom. The van der Waals surface area contributed by atoms with E-state index in [1.807, 2.05) is 31.7 Å². The highest BCUT2D eigenvalue weighted by molar-refractivity contribution is 6.48. The van der Waals surface area contributed by atoms with Crippen molar-refractivity contribution in [2.45, 2.75) is 97.4 Å². The number of aromatic amines is 1. The molecule has 1 amide bonds. The van der Waals surface area contributed by atoms with Crippen molar-refractivity contribution in [3.8, 4) is 0 Å². The van der Waals surface area contributed by atoms with Gasteiger partial charge in [0.2, 0.25) is 9.04 Å². The normalized spacial score (nSPS) is 17.5. The number of H-pyrrole nitrogens is 1. The maximum atomic E-state index is 12.8. The van der Waals surface area contributed by atoms with Crippen molar-refractivity contribution < 1.29 is 14.0 Å². The molecular formula is C28H44N3O3Si. The third-order valence-electron chi connectivity index (χ3n) is 6.70. The molecule has 1 aliphatic rings. The van der Waals surface area contributed by atoms with Crippen LogP contribution >= 0.6 is 0 Å². The number of carbonyl (C=O) groups excluding carboxylic acids is 1. The molecule has 0 aliphatic carbocycles. The second-order valence-corrected chi connectivity index (χ2v) is 14.3. The second-order valence-electron chi connectivity index (χ2n) is 12.3. The molecule has 0 bridgehead atoms. The van der Waals surface area contributed by atoms with Gasteiger partial charge in [-0.15, -0.1) is 0 Å². The van der Waals surface area contributed by atoms with E-state index >= 15 is 0 Å². The molecular weight excluding hydrogens is 454 g/mol. The Morgan fingerprint density at radius 3 is 2.29 bits per heavy atom. The van der Waals surface area contributed by atoms with E-state index in [4.69, 9.17) is 14.3 Å². The average molecular weight is 499 g/mol. The van der Waals surface area contributed by atoms with Crippen LogP contribution in [0.4, 0.5) is 4.79 Å². The summed E-state index contributed by atoms with van der Waals surface area (Å²) in [6.07, 6.45) is 3.29. The predicted molar refractivity (Wildman–Crippen MR) is 143 cm³/mol. The molecule has 3 rings (SSSR count). The van der Waals surface area contributed by atoms with Crippen molar-refractivity contribution in [2.75, 3.05) is 13.1 Å². The Bertz CT molecular complexity index is 952. The Kier molecular flexibility index (Phi) is 8.53. The van der Waals surface area contributed by atoms with Crippen LogP contribution < -0.4 is 0 Å². The number of nitrogens with zero attached hydrogens (tertiary/aromatic N) is 2. The molecule has 1 radical (unpaired) electrons. The van der Waals surface area contributed by atoms with Gasteiger partial charge in [-0.3, -0.25) is 5.10 Å². The molecule has 1 aromatic carbocycles. The number of hydrogen-bond donors (Lipinski definition) is 1. The van der Waals surface area contributed by atoms with Crippen LogP contribution in [-0.2, 0) is 21.0 Å². The summed E-state index contributed by atoms with van der Waals surface area (Å²) in [5.41, 5.74) is 2.83. The molecule has 6 nitrogen and oxygen atoms in total. The van der Waals surface area contributed by atoms with Crippen molar-refractivity contribution >= 4 is 15.1 Å². The Hall–Kier alpha value is -2.12. The lowest BCUT2D eigenvalue weighted by atomic mass is 9.68. The van der Waals surface area contributed by atoms with Gasteiger partial charge in [0, 0.05) is 30.6 Å². The lowest BCUT2D eigenvalue weighted by Crippen LogP contribution is -2.49. The van der Waals surface area contributed by atoms with Gasteiger partial charge in [-0.05, 0) is 70.2 Å². The average Bonchev–Trinajstić information content (AvgIpc) is 3.21. The molecule has 1 N–H and O–H groups in total. The maximum absolute atomic E-state index is 12.8. The van der Waals surface area contributed by atoms with Crippen LogP contribution in [0.25, 0.3) is 0 Å². The first-order chi connectivity index (χ1) is 16.3. The first-order valence-corrected chi connectivity index (χ1v) is 15.2. The number of amides is 1. The van der Waals surface area contributed by atoms with Gasteiger partial charge in [0.25, 0.3) is 0 Å². The minimum atomic E-state index is -0.865. The van der Waals surface area contributed by atoms with E-state index in [1.54, 1.807) is 0 Å². The number of hydrogen-bond acceptors (Lipinski definition) is 4. The summed E-state index contributed by atoms with van der Waals surface area (Å²) in [7, 11) is -0.865. The summed E-state index contributed by atoms with van der Waals surface area (Å²) in [5, 5.41) is 8.15. The van der Waals surface area contributed by atoms with E-state index < -0.39 is 14.6 Å². The van der Waals surface area contributed by atoms with Gasteiger partial charge >= 0.3 is 6.09 Å². The quantitative estimate of drug-likeness (QED) is 0.452. The molecule has 7 heteroatoms. The Labute approximate surface area is 213 Å². The van der Waals surface area contributed by atoms with E-state index in [1.165, 1.54) is 5.56 Å². The number of piperidine rings is 1. The standard InChI is InChI=1S/C28H44N3O3Si/c1-26(2,3)24(34-35(7)8)20-28(14-16-31(17-15-28)25(32)33-27(4,5)6)23-19-22(29-30-23)18-21-12-10-9-11-13-21/h9-13,19,24H,14-18,20H2,1-8H3,(H,29,30). The molecule has 2 heterocycles. The molecule has 0 saturated carbocycles. The molecule has 193 valence electrons. The van der Waals surface area contributed by atoms with Gasteiger partial charge in [-0.1, -0.05) is 51.1 Å². The first-order valence-electron chi connectivity index (χ1n) is 12.8. The summed E-state index contributed by atoms with van der Waals surface area (Å²) in [5.74, 6) is 0. The van der Waals surface area contributed by atoms with Crippen LogP contribution in [-0.4, -0.2) is 55.0 Å². The third kappa shape index (κ3) is 7.68. The van der Waals surface area contributed by atoms with Crippen molar-refractivity contribution in [1.29, 1.82) is 0 Å². The summed E-state index contributed by atoms with van der Waals surface area (Å²) >= 11 is 0. The third-order valence-corrected chi connectivity index (χ3v) is 7.46. The smallest absolute Gasteiger partial charge is 0.410 e. The first kappa shape index (κ1) is 27.5. The monoisotopic (exact) mass is 498 g/mol. The van der Waals surface area contributed by atoms with Crippen molar-refractivity contribution in [3.05, 3.63) is 53.3 Å². The summed E-state index contributed by atoms with van der Waals surface area (Å²) in [6.45, 7) is 18.2. The zero-order chi connectivity index (χ0) is 25.9. The molecule has 35 heavy (non-hydrogen) atoms. The summed E-state index contributed by atoms with van der Waals surface area (Å²) in [6, 6.07) is 12.7. The summed E-state index contributed by atoms with van der Waals surface area (Å²) < 4.78 is 12.2. The molecule has 1 aromatic heterocycles. The second kappa shape index (κ2) is 10.9. The number of benzene rings is 1. The molecule has 0 spiro atoms. The van der Waals surface area contributed by atoms with Gasteiger partial charge in [-0.2, -0.15) is 5.10 Å². The van der Waals surface area contributed by atoms with E-state index in [0.717, 1.165) is 37.1 Å². The SMILES string of the molecule is C[Si](C)OC(CC1(c2cc(Cc3ccccc3)[nH]n2)CCN(C(=O)OC(C)(C)C)CC1)C(C)(C)C. The van der Waals surface area contributed by atoms with Crippen molar-refractivity contribution in [2.24, 2.45) is 5.41 Å². The fourth-order valence-corrected chi connectivity index (χ4v) is 5.72. The van der Waals surface area contributed by atoms with Crippen molar-refractivity contribution in [3.63, 3.8) is 0 Å². The highest BCUT2D eigenvalue weighted by atomic mass is 28.3.